The van der Waals surface area contributed by atoms with E-state index in [4.69, 9.17) is 29.2 Å². The van der Waals surface area contributed by atoms with E-state index in [1.54, 1.807) is 6.07 Å². The van der Waals surface area contributed by atoms with Gasteiger partial charge in [0.2, 0.25) is 0 Å². The number of para-hydroxylation sites is 1. The van der Waals surface area contributed by atoms with Crippen LogP contribution in [0.4, 0.5) is 0 Å². The van der Waals surface area contributed by atoms with Crippen LogP contribution < -0.4 is 0 Å². The molecule has 0 aliphatic heterocycles. The predicted molar refractivity (Wildman–Crippen MR) is 249 cm³/mol. The molecule has 296 valence electrons. The fraction of sp³-hybridized carbons (Fsp3) is 0.236. The number of phenolic OH excluding ortho intramolecular Hbond substituents is 1. The first-order chi connectivity index (χ1) is 33.8. The standard InChI is InChI=1S/C55H55N3O/c1-34(2)39-21-24-49(46(32-39)38-15-12-11-13-16-38)58-50-18-14-17-45(51(50)57-53(58)47-28-35(3)27-36(4)52(47)59)41-29-42(31-44(30-41)55(8,9)10)48-33-40(25-26-56-48)37-19-22-43(23-20-37)54(5,6)7/h11-34,59H,1-10H3/i5D3,6D3,7D3,19D,20D,22D,23D,34D. The lowest BCUT2D eigenvalue weighted by Crippen LogP contribution is -2.11. The normalized spacial score (nSPS) is 16.4. The van der Waals surface area contributed by atoms with Gasteiger partial charge >= 0.3 is 0 Å². The summed E-state index contributed by atoms with van der Waals surface area (Å²) in [6.07, 6.45) is 1.42. The van der Waals surface area contributed by atoms with Gasteiger partial charge in [-0.3, -0.25) is 9.55 Å². The second-order valence-electron chi connectivity index (χ2n) is 16.5. The molecule has 0 unspecified atom stereocenters. The van der Waals surface area contributed by atoms with E-state index in [9.17, 15) is 5.11 Å². The Balaban J connectivity index is 1.38. The molecular weight excluding hydrogens is 719 g/mol. The van der Waals surface area contributed by atoms with E-state index in [1.165, 1.54) is 12.3 Å². The molecule has 4 heteroatoms. The lowest BCUT2D eigenvalue weighted by atomic mass is 9.83. The molecule has 0 spiro atoms. The third-order valence-corrected chi connectivity index (χ3v) is 10.7. The second kappa shape index (κ2) is 15.2. The van der Waals surface area contributed by atoms with Crippen molar-refractivity contribution >= 4 is 11.0 Å². The SMILES string of the molecule is [2H]c1c([2H])c(C(C([2H])([2H])[2H])(C([2H])([2H])[2H])C([2H])([2H])[2H])c([2H])c([2H])c1-c1ccnc(-c2cc(-c3cccc4c3nc(-c3cc(C)cc(C)c3O)n4-c3ccc(C([2H])(C)C)cc3-c3ccccc3)cc(C(C)(C)C)c2)c1. The van der Waals surface area contributed by atoms with Gasteiger partial charge in [0, 0.05) is 36.6 Å². The van der Waals surface area contributed by atoms with Crippen LogP contribution in [0.3, 0.4) is 0 Å². The minimum atomic E-state index is -3.81. The molecule has 0 amide bonds. The highest BCUT2D eigenvalue weighted by molar-refractivity contribution is 5.98. The average molecular weight is 788 g/mol. The number of aryl methyl sites for hydroxylation is 2. The third-order valence-electron chi connectivity index (χ3n) is 10.7. The highest BCUT2D eigenvalue weighted by Crippen LogP contribution is 2.43. The Morgan fingerprint density at radius 1 is 0.661 bits per heavy atom. The van der Waals surface area contributed by atoms with E-state index in [0.717, 1.165) is 50.1 Å². The van der Waals surface area contributed by atoms with Crippen LogP contribution >= 0.6 is 0 Å². The van der Waals surface area contributed by atoms with Crippen molar-refractivity contribution in [1.82, 2.24) is 14.5 Å². The molecule has 1 N–H and O–H groups in total. The minimum Gasteiger partial charge on any atom is -0.507 e. The molecule has 0 bridgehead atoms. The van der Waals surface area contributed by atoms with Crippen LogP contribution in [0.1, 0.15) is 108 Å². The molecule has 4 nitrogen and oxygen atoms in total. The fourth-order valence-corrected chi connectivity index (χ4v) is 7.53. The molecule has 8 aromatic rings. The largest absolute Gasteiger partial charge is 0.507 e. The number of phenols is 1. The van der Waals surface area contributed by atoms with Crippen molar-refractivity contribution in [2.24, 2.45) is 0 Å². The Morgan fingerprint density at radius 3 is 2.12 bits per heavy atom. The number of hydrogen-bond donors (Lipinski definition) is 1. The van der Waals surface area contributed by atoms with Crippen LogP contribution in [0.5, 0.6) is 5.75 Å². The lowest BCUT2D eigenvalue weighted by molar-refractivity contribution is 0.472. The van der Waals surface area contributed by atoms with Gasteiger partial charge in [0.1, 0.15) is 11.6 Å². The first kappa shape index (κ1) is 26.0. The summed E-state index contributed by atoms with van der Waals surface area (Å²) in [6, 6.07) is 30.8. The number of fused-ring (bicyclic) bond motifs is 1. The summed E-state index contributed by atoms with van der Waals surface area (Å²) in [4.78, 5) is 10.1. The van der Waals surface area contributed by atoms with E-state index < -0.39 is 67.0 Å². The molecular formula is C55H55N3O. The van der Waals surface area contributed by atoms with Crippen molar-refractivity contribution in [3.05, 3.63) is 167 Å². The summed E-state index contributed by atoms with van der Waals surface area (Å²) in [5.41, 5.74) is 4.61. The first-order valence-electron chi connectivity index (χ1n) is 26.6. The van der Waals surface area contributed by atoms with Gasteiger partial charge in [-0.2, -0.15) is 0 Å². The highest BCUT2D eigenvalue weighted by atomic mass is 16.3. The molecule has 0 atom stereocenters. The summed E-state index contributed by atoms with van der Waals surface area (Å²) in [5.74, 6) is -0.336. The van der Waals surface area contributed by atoms with E-state index >= 15 is 0 Å². The number of hydrogen-bond acceptors (Lipinski definition) is 3. The zero-order valence-corrected chi connectivity index (χ0v) is 34.3. The molecule has 0 aliphatic carbocycles. The molecule has 0 fully saturated rings. The number of pyridine rings is 1. The van der Waals surface area contributed by atoms with E-state index in [2.05, 4.69) is 31.4 Å². The van der Waals surface area contributed by atoms with Gasteiger partial charge in [0.25, 0.3) is 0 Å². The second-order valence-corrected chi connectivity index (χ2v) is 16.5. The van der Waals surface area contributed by atoms with Gasteiger partial charge in [-0.1, -0.05) is 140 Å². The Bertz CT molecular complexity index is 3400. The van der Waals surface area contributed by atoms with Crippen LogP contribution in [0.15, 0.2) is 140 Å². The van der Waals surface area contributed by atoms with E-state index in [-0.39, 0.29) is 16.9 Å². The molecule has 2 aromatic heterocycles. The Labute approximate surface area is 370 Å². The van der Waals surface area contributed by atoms with Crippen molar-refractivity contribution in [2.45, 2.75) is 85.7 Å². The van der Waals surface area contributed by atoms with Gasteiger partial charge < -0.3 is 5.11 Å². The highest BCUT2D eigenvalue weighted by Gasteiger charge is 2.25. The summed E-state index contributed by atoms with van der Waals surface area (Å²) < 4.78 is 121. The Kier molecular flexibility index (Phi) is 6.67. The van der Waals surface area contributed by atoms with Gasteiger partial charge in [-0.25, -0.2) is 4.98 Å². The van der Waals surface area contributed by atoms with Crippen molar-refractivity contribution in [3.8, 4) is 67.5 Å². The van der Waals surface area contributed by atoms with Gasteiger partial charge in [-0.05, 0) is 129 Å². The van der Waals surface area contributed by atoms with Crippen LogP contribution in [0, 0.1) is 13.8 Å². The average Bonchev–Trinajstić information content (AvgIpc) is 3.68. The van der Waals surface area contributed by atoms with Gasteiger partial charge in [0.15, 0.2) is 0 Å². The smallest absolute Gasteiger partial charge is 0.149 e. The maximum absolute atomic E-state index is 11.8. The third kappa shape index (κ3) is 7.72. The minimum absolute atomic E-state index is 0.0828. The molecule has 6 aromatic carbocycles. The molecule has 0 saturated carbocycles. The summed E-state index contributed by atoms with van der Waals surface area (Å²) in [7, 11) is 0. The molecule has 0 aliphatic rings. The van der Waals surface area contributed by atoms with Crippen molar-refractivity contribution in [1.29, 1.82) is 0 Å². The van der Waals surface area contributed by atoms with E-state index in [1.807, 2.05) is 119 Å². The zero-order chi connectivity index (χ0) is 53.7. The van der Waals surface area contributed by atoms with E-state index in [0.29, 0.717) is 33.7 Å². The maximum atomic E-state index is 11.8. The molecule has 0 saturated heterocycles. The molecule has 59 heavy (non-hydrogen) atoms. The van der Waals surface area contributed by atoms with Gasteiger partial charge in [-0.15, -0.1) is 0 Å². The van der Waals surface area contributed by atoms with Crippen LogP contribution in [0.25, 0.3) is 72.7 Å². The summed E-state index contributed by atoms with van der Waals surface area (Å²) in [5, 5.41) is 11.8. The molecule has 0 radical (unpaired) electrons. The maximum Gasteiger partial charge on any atom is 0.149 e. The van der Waals surface area contributed by atoms with Crippen molar-refractivity contribution in [2.75, 3.05) is 0 Å². The monoisotopic (exact) mass is 788 g/mol. The molecule has 8 rings (SSSR count). The van der Waals surface area contributed by atoms with Crippen LogP contribution in [-0.2, 0) is 10.8 Å². The number of nitrogens with zero attached hydrogens (tertiary/aromatic N) is 3. The topological polar surface area (TPSA) is 50.9 Å². The quantitative estimate of drug-likeness (QED) is 0.175. The Morgan fingerprint density at radius 2 is 1.41 bits per heavy atom. The number of benzene rings is 6. The molecule has 2 heterocycles. The van der Waals surface area contributed by atoms with Crippen LogP contribution in [0.2, 0.25) is 0 Å². The number of rotatable bonds is 7. The predicted octanol–water partition coefficient (Wildman–Crippen LogP) is 14.8. The van der Waals surface area contributed by atoms with Crippen molar-refractivity contribution < 1.29 is 24.3 Å². The fourth-order valence-electron chi connectivity index (χ4n) is 7.53. The summed E-state index contributed by atoms with van der Waals surface area (Å²) >= 11 is 0. The summed E-state index contributed by atoms with van der Waals surface area (Å²) in [6.45, 7) is 2.27. The number of imidazole rings is 1. The Hall–Kier alpha value is -6.26. The zero-order valence-electron chi connectivity index (χ0n) is 48.3. The lowest BCUT2D eigenvalue weighted by Gasteiger charge is -2.22. The number of aromatic nitrogens is 3. The van der Waals surface area contributed by atoms with Gasteiger partial charge in [0.05, 0.1) is 33.5 Å². The number of aromatic hydroxyl groups is 1. The van der Waals surface area contributed by atoms with Crippen LogP contribution in [-0.4, -0.2) is 19.6 Å². The van der Waals surface area contributed by atoms with Crippen molar-refractivity contribution in [3.63, 3.8) is 0 Å². The first-order valence-corrected chi connectivity index (χ1v) is 19.6.